The van der Waals surface area contributed by atoms with Gasteiger partial charge in [0.2, 0.25) is 0 Å². The van der Waals surface area contributed by atoms with Crippen molar-refractivity contribution >= 4 is 11.6 Å². The molecule has 1 aromatic carbocycles. The number of carbonyl (C=O) groups excluding carboxylic acids is 1. The summed E-state index contributed by atoms with van der Waals surface area (Å²) in [5, 5.41) is 2.63. The molecule has 1 aliphatic heterocycles. The lowest BCUT2D eigenvalue weighted by molar-refractivity contribution is 0.0675. The zero-order valence-corrected chi connectivity index (χ0v) is 12.7. The lowest BCUT2D eigenvalue weighted by atomic mass is 10.1. The van der Waals surface area contributed by atoms with E-state index in [9.17, 15) is 13.6 Å². The third kappa shape index (κ3) is 3.01. The molecular formula is C16H22F2N2O. The minimum atomic E-state index is -0.722. The van der Waals surface area contributed by atoms with Crippen molar-refractivity contribution in [3.05, 3.63) is 29.3 Å². The van der Waals surface area contributed by atoms with Crippen LogP contribution in [0.1, 0.15) is 50.4 Å². The van der Waals surface area contributed by atoms with Crippen molar-refractivity contribution in [1.82, 2.24) is 4.90 Å². The van der Waals surface area contributed by atoms with Crippen LogP contribution in [0.4, 0.5) is 14.5 Å². The predicted octanol–water partition coefficient (Wildman–Crippen LogP) is 3.80. The first-order chi connectivity index (χ1) is 9.99. The molecule has 116 valence electrons. The number of carbonyl (C=O) groups is 1. The predicted molar refractivity (Wildman–Crippen MR) is 79.5 cm³/mol. The lowest BCUT2D eigenvalue weighted by Gasteiger charge is -2.28. The van der Waals surface area contributed by atoms with Gasteiger partial charge in [0.15, 0.2) is 0 Å². The van der Waals surface area contributed by atoms with Crippen LogP contribution >= 0.6 is 0 Å². The molecule has 1 saturated heterocycles. The van der Waals surface area contributed by atoms with Crippen molar-refractivity contribution in [3.63, 3.8) is 0 Å². The highest BCUT2D eigenvalue weighted by atomic mass is 19.1. The number of halogens is 2. The topological polar surface area (TPSA) is 32.3 Å². The second kappa shape index (κ2) is 6.41. The van der Waals surface area contributed by atoms with Gasteiger partial charge >= 0.3 is 0 Å². The Morgan fingerprint density at radius 3 is 2.43 bits per heavy atom. The molecule has 1 fully saturated rings. The summed E-state index contributed by atoms with van der Waals surface area (Å²) in [6, 6.07) is 2.52. The Morgan fingerprint density at radius 1 is 1.29 bits per heavy atom. The van der Waals surface area contributed by atoms with E-state index < -0.39 is 11.6 Å². The minimum Gasteiger partial charge on any atom is -0.381 e. The van der Waals surface area contributed by atoms with Gasteiger partial charge in [0.1, 0.15) is 17.3 Å². The van der Waals surface area contributed by atoms with Crippen molar-refractivity contribution in [2.24, 2.45) is 0 Å². The van der Waals surface area contributed by atoms with Gasteiger partial charge in [-0.2, -0.15) is 0 Å². The van der Waals surface area contributed by atoms with Crippen LogP contribution in [0.5, 0.6) is 0 Å². The first-order valence-corrected chi connectivity index (χ1v) is 7.55. The third-order valence-electron chi connectivity index (χ3n) is 4.13. The average Bonchev–Trinajstić information content (AvgIpc) is 2.82. The van der Waals surface area contributed by atoms with Gasteiger partial charge in [0.05, 0.1) is 0 Å². The summed E-state index contributed by atoms with van der Waals surface area (Å²) >= 11 is 0. The van der Waals surface area contributed by atoms with E-state index in [1.54, 1.807) is 11.8 Å². The van der Waals surface area contributed by atoms with Crippen LogP contribution in [0.15, 0.2) is 12.1 Å². The molecule has 2 unspecified atom stereocenters. The molecule has 0 bridgehead atoms. The molecule has 0 spiro atoms. The number of nitrogens with one attached hydrogen (secondary N) is 1. The minimum absolute atomic E-state index is 0.0823. The van der Waals surface area contributed by atoms with Crippen LogP contribution in [0.2, 0.25) is 0 Å². The number of anilines is 1. The summed E-state index contributed by atoms with van der Waals surface area (Å²) < 4.78 is 27.9. The highest BCUT2D eigenvalue weighted by molar-refractivity contribution is 5.95. The van der Waals surface area contributed by atoms with Crippen molar-refractivity contribution in [2.75, 3.05) is 11.9 Å². The van der Waals surface area contributed by atoms with Gasteiger partial charge in [0.25, 0.3) is 5.91 Å². The molecule has 1 amide bonds. The van der Waals surface area contributed by atoms with E-state index in [2.05, 4.69) is 5.32 Å². The quantitative estimate of drug-likeness (QED) is 0.916. The van der Waals surface area contributed by atoms with Gasteiger partial charge in [-0.15, -0.1) is 0 Å². The molecule has 0 aromatic heterocycles. The standard InChI is InChI=1S/C16H22F2N2O/c1-4-12-7-6-10(3)20(12)16(21)11-8-13(17)15(19-5-2)14(18)9-11/h8-10,12,19H,4-7H2,1-3H3. The number of amides is 1. The van der Waals surface area contributed by atoms with Gasteiger partial charge in [-0.25, -0.2) is 8.78 Å². The van der Waals surface area contributed by atoms with Gasteiger partial charge in [0, 0.05) is 24.2 Å². The van der Waals surface area contributed by atoms with Crippen LogP contribution < -0.4 is 5.32 Å². The molecule has 21 heavy (non-hydrogen) atoms. The number of hydrogen-bond acceptors (Lipinski definition) is 2. The molecule has 3 nitrogen and oxygen atoms in total. The second-order valence-electron chi connectivity index (χ2n) is 5.55. The van der Waals surface area contributed by atoms with Gasteiger partial charge in [-0.1, -0.05) is 6.92 Å². The molecule has 5 heteroatoms. The van der Waals surface area contributed by atoms with E-state index in [0.29, 0.717) is 6.54 Å². The van der Waals surface area contributed by atoms with Crippen molar-refractivity contribution < 1.29 is 13.6 Å². The molecule has 0 radical (unpaired) electrons. The van der Waals surface area contributed by atoms with E-state index in [-0.39, 0.29) is 29.2 Å². The molecule has 2 atom stereocenters. The summed E-state index contributed by atoms with van der Waals surface area (Å²) in [6.07, 6.45) is 2.74. The molecule has 0 aliphatic carbocycles. The van der Waals surface area contributed by atoms with E-state index in [1.165, 1.54) is 0 Å². The van der Waals surface area contributed by atoms with Crippen LogP contribution in [-0.2, 0) is 0 Å². The average molecular weight is 296 g/mol. The summed E-state index contributed by atoms with van der Waals surface area (Å²) in [5.41, 5.74) is -0.0885. The largest absolute Gasteiger partial charge is 0.381 e. The van der Waals surface area contributed by atoms with Crippen molar-refractivity contribution in [2.45, 2.75) is 52.1 Å². The van der Waals surface area contributed by atoms with E-state index in [0.717, 1.165) is 31.4 Å². The normalized spacial score (nSPS) is 21.7. The smallest absolute Gasteiger partial charge is 0.254 e. The van der Waals surface area contributed by atoms with Crippen LogP contribution in [0.25, 0.3) is 0 Å². The summed E-state index contributed by atoms with van der Waals surface area (Å²) in [7, 11) is 0. The maximum Gasteiger partial charge on any atom is 0.254 e. The Bertz CT molecular complexity index is 510. The van der Waals surface area contributed by atoms with Crippen LogP contribution in [0.3, 0.4) is 0 Å². The first-order valence-electron chi connectivity index (χ1n) is 7.55. The molecule has 0 saturated carbocycles. The monoisotopic (exact) mass is 296 g/mol. The second-order valence-corrected chi connectivity index (χ2v) is 5.55. The highest BCUT2D eigenvalue weighted by Crippen LogP contribution is 2.29. The zero-order valence-electron chi connectivity index (χ0n) is 12.7. The fourth-order valence-corrected chi connectivity index (χ4v) is 3.03. The fourth-order valence-electron chi connectivity index (χ4n) is 3.03. The highest BCUT2D eigenvalue weighted by Gasteiger charge is 2.34. The molecular weight excluding hydrogens is 274 g/mol. The molecule has 1 N–H and O–H groups in total. The molecule has 1 aromatic rings. The van der Waals surface area contributed by atoms with Gasteiger partial charge < -0.3 is 10.2 Å². The fraction of sp³-hybridized carbons (Fsp3) is 0.562. The first kappa shape index (κ1) is 15.7. The van der Waals surface area contributed by atoms with Crippen LogP contribution in [0, 0.1) is 11.6 Å². The zero-order chi connectivity index (χ0) is 15.6. The summed E-state index contributed by atoms with van der Waals surface area (Å²) in [4.78, 5) is 14.3. The van der Waals surface area contributed by atoms with Gasteiger partial charge in [-0.3, -0.25) is 4.79 Å². The SMILES string of the molecule is CCNc1c(F)cc(C(=O)N2C(C)CCC2CC)cc1F. The van der Waals surface area contributed by atoms with E-state index in [1.807, 2.05) is 13.8 Å². The number of hydrogen-bond donors (Lipinski definition) is 1. The van der Waals surface area contributed by atoms with Crippen LogP contribution in [-0.4, -0.2) is 29.4 Å². The summed E-state index contributed by atoms with van der Waals surface area (Å²) in [5.74, 6) is -1.73. The summed E-state index contributed by atoms with van der Waals surface area (Å²) in [6.45, 7) is 6.18. The maximum absolute atomic E-state index is 13.9. The Hall–Kier alpha value is -1.65. The Kier molecular flexibility index (Phi) is 4.80. The molecule has 1 heterocycles. The Morgan fingerprint density at radius 2 is 1.90 bits per heavy atom. The van der Waals surface area contributed by atoms with Crippen molar-refractivity contribution in [3.8, 4) is 0 Å². The number of likely N-dealkylation sites (tertiary alicyclic amines) is 1. The van der Waals surface area contributed by atoms with Crippen molar-refractivity contribution in [1.29, 1.82) is 0 Å². The van der Waals surface area contributed by atoms with E-state index in [4.69, 9.17) is 0 Å². The number of rotatable bonds is 4. The number of benzene rings is 1. The Balaban J connectivity index is 2.31. The number of nitrogens with zero attached hydrogens (tertiary/aromatic N) is 1. The van der Waals surface area contributed by atoms with Gasteiger partial charge in [-0.05, 0) is 45.2 Å². The molecule has 1 aliphatic rings. The van der Waals surface area contributed by atoms with E-state index >= 15 is 0 Å². The molecule has 2 rings (SSSR count). The third-order valence-corrected chi connectivity index (χ3v) is 4.13. The lowest BCUT2D eigenvalue weighted by Crippen LogP contribution is -2.39. The maximum atomic E-state index is 13.9. The Labute approximate surface area is 124 Å².